The van der Waals surface area contributed by atoms with Crippen LogP contribution in [0.25, 0.3) is 0 Å². The standard InChI is InChI=1S/C10H20O3/c1-10(2,12-3)6-9(11)8-4-5-13-7-8/h8-9,11H,4-7H2,1-3H3. The zero-order chi connectivity index (χ0) is 9.90. The van der Waals surface area contributed by atoms with Gasteiger partial charge in [-0.15, -0.1) is 0 Å². The van der Waals surface area contributed by atoms with Gasteiger partial charge >= 0.3 is 0 Å². The van der Waals surface area contributed by atoms with Crippen molar-refractivity contribution in [1.29, 1.82) is 0 Å². The van der Waals surface area contributed by atoms with Gasteiger partial charge in [-0.2, -0.15) is 0 Å². The zero-order valence-corrected chi connectivity index (χ0v) is 8.75. The Labute approximate surface area is 80.0 Å². The number of hydrogen-bond acceptors (Lipinski definition) is 3. The van der Waals surface area contributed by atoms with Crippen molar-refractivity contribution in [3.63, 3.8) is 0 Å². The lowest BCUT2D eigenvalue weighted by molar-refractivity contribution is -0.0350. The molecule has 1 heterocycles. The smallest absolute Gasteiger partial charge is 0.0647 e. The second kappa shape index (κ2) is 4.40. The third kappa shape index (κ3) is 3.25. The van der Waals surface area contributed by atoms with Crippen molar-refractivity contribution in [2.75, 3.05) is 20.3 Å². The number of hydrogen-bond donors (Lipinski definition) is 1. The molecule has 0 aliphatic carbocycles. The molecule has 0 radical (unpaired) electrons. The second-order valence-corrected chi connectivity index (χ2v) is 4.36. The molecule has 13 heavy (non-hydrogen) atoms. The lowest BCUT2D eigenvalue weighted by Gasteiger charge is -2.28. The Morgan fingerprint density at radius 1 is 1.62 bits per heavy atom. The zero-order valence-electron chi connectivity index (χ0n) is 8.75. The first-order valence-corrected chi connectivity index (χ1v) is 4.86. The van der Waals surface area contributed by atoms with Gasteiger partial charge in [0.2, 0.25) is 0 Å². The van der Waals surface area contributed by atoms with Crippen LogP contribution in [0.2, 0.25) is 0 Å². The van der Waals surface area contributed by atoms with Crippen LogP contribution in [-0.4, -0.2) is 37.1 Å². The normalized spacial score (nSPS) is 26.3. The van der Waals surface area contributed by atoms with Crippen LogP contribution < -0.4 is 0 Å². The highest BCUT2D eigenvalue weighted by molar-refractivity contribution is 4.80. The summed E-state index contributed by atoms with van der Waals surface area (Å²) in [5.41, 5.74) is -0.234. The number of aliphatic hydroxyl groups is 1. The van der Waals surface area contributed by atoms with Crippen molar-refractivity contribution < 1.29 is 14.6 Å². The molecule has 0 aromatic carbocycles. The van der Waals surface area contributed by atoms with Crippen LogP contribution in [-0.2, 0) is 9.47 Å². The van der Waals surface area contributed by atoms with Crippen LogP contribution in [0.5, 0.6) is 0 Å². The van der Waals surface area contributed by atoms with Crippen LogP contribution in [0.4, 0.5) is 0 Å². The molecule has 1 rings (SSSR count). The van der Waals surface area contributed by atoms with E-state index in [9.17, 15) is 5.11 Å². The van der Waals surface area contributed by atoms with E-state index < -0.39 is 0 Å². The molecule has 1 aliphatic heterocycles. The highest BCUT2D eigenvalue weighted by Crippen LogP contribution is 2.24. The number of methoxy groups -OCH3 is 1. The average molecular weight is 188 g/mol. The van der Waals surface area contributed by atoms with Crippen LogP contribution in [0.1, 0.15) is 26.7 Å². The highest BCUT2D eigenvalue weighted by Gasteiger charge is 2.29. The van der Waals surface area contributed by atoms with E-state index in [1.807, 2.05) is 13.8 Å². The van der Waals surface area contributed by atoms with Gasteiger partial charge in [-0.3, -0.25) is 0 Å². The Bertz CT molecular complexity index is 150. The molecule has 3 heteroatoms. The van der Waals surface area contributed by atoms with E-state index in [0.29, 0.717) is 18.9 Å². The summed E-state index contributed by atoms with van der Waals surface area (Å²) in [5, 5.41) is 9.86. The lowest BCUT2D eigenvalue weighted by atomic mass is 9.91. The molecule has 0 amide bonds. The van der Waals surface area contributed by atoms with E-state index in [2.05, 4.69) is 0 Å². The largest absolute Gasteiger partial charge is 0.393 e. The molecule has 1 saturated heterocycles. The topological polar surface area (TPSA) is 38.7 Å². The number of aliphatic hydroxyl groups excluding tert-OH is 1. The summed E-state index contributed by atoms with van der Waals surface area (Å²) in [6.45, 7) is 5.47. The fourth-order valence-corrected chi connectivity index (χ4v) is 1.61. The summed E-state index contributed by atoms with van der Waals surface area (Å²) in [5.74, 6) is 0.300. The summed E-state index contributed by atoms with van der Waals surface area (Å²) >= 11 is 0. The van der Waals surface area contributed by atoms with Gasteiger partial charge in [-0.05, 0) is 20.3 Å². The first kappa shape index (κ1) is 11.0. The van der Waals surface area contributed by atoms with E-state index in [4.69, 9.17) is 9.47 Å². The highest BCUT2D eigenvalue weighted by atomic mass is 16.5. The molecule has 3 nitrogen and oxygen atoms in total. The minimum absolute atomic E-state index is 0.234. The van der Waals surface area contributed by atoms with E-state index in [1.165, 1.54) is 0 Å². The Kier molecular flexibility index (Phi) is 3.71. The summed E-state index contributed by atoms with van der Waals surface area (Å²) in [4.78, 5) is 0. The average Bonchev–Trinajstić information content (AvgIpc) is 2.55. The third-order valence-electron chi connectivity index (χ3n) is 2.76. The maximum atomic E-state index is 9.86. The van der Waals surface area contributed by atoms with Gasteiger partial charge in [0.25, 0.3) is 0 Å². The number of rotatable bonds is 4. The van der Waals surface area contributed by atoms with Gasteiger partial charge in [-0.1, -0.05) is 0 Å². The summed E-state index contributed by atoms with van der Waals surface area (Å²) in [7, 11) is 1.68. The molecular formula is C10H20O3. The molecule has 2 atom stereocenters. The van der Waals surface area contributed by atoms with Gasteiger partial charge in [0.1, 0.15) is 0 Å². The van der Waals surface area contributed by atoms with E-state index in [1.54, 1.807) is 7.11 Å². The Hall–Kier alpha value is -0.120. The summed E-state index contributed by atoms with van der Waals surface area (Å²) in [6, 6.07) is 0. The van der Waals surface area contributed by atoms with Crippen LogP contribution in [0.15, 0.2) is 0 Å². The minimum Gasteiger partial charge on any atom is -0.393 e. The molecule has 78 valence electrons. The molecule has 0 aromatic rings. The molecule has 1 N–H and O–H groups in total. The predicted molar refractivity (Wildman–Crippen MR) is 50.6 cm³/mol. The molecule has 1 fully saturated rings. The Morgan fingerprint density at radius 2 is 2.31 bits per heavy atom. The van der Waals surface area contributed by atoms with Gasteiger partial charge in [0, 0.05) is 26.1 Å². The van der Waals surface area contributed by atoms with Gasteiger partial charge in [0.05, 0.1) is 18.3 Å². The monoisotopic (exact) mass is 188 g/mol. The maximum absolute atomic E-state index is 9.86. The van der Waals surface area contributed by atoms with E-state index >= 15 is 0 Å². The minimum atomic E-state index is -0.294. The Morgan fingerprint density at radius 3 is 2.77 bits per heavy atom. The maximum Gasteiger partial charge on any atom is 0.0647 e. The molecule has 0 saturated carbocycles. The summed E-state index contributed by atoms with van der Waals surface area (Å²) < 4.78 is 10.5. The molecular weight excluding hydrogens is 168 g/mol. The molecule has 1 aliphatic rings. The molecule has 0 spiro atoms. The molecule has 2 unspecified atom stereocenters. The van der Waals surface area contributed by atoms with Crippen LogP contribution >= 0.6 is 0 Å². The fourth-order valence-electron chi connectivity index (χ4n) is 1.61. The second-order valence-electron chi connectivity index (χ2n) is 4.36. The van der Waals surface area contributed by atoms with Crippen molar-refractivity contribution in [2.24, 2.45) is 5.92 Å². The van der Waals surface area contributed by atoms with Gasteiger partial charge < -0.3 is 14.6 Å². The molecule has 0 bridgehead atoms. The first-order chi connectivity index (χ1) is 6.05. The van der Waals surface area contributed by atoms with Crippen LogP contribution in [0.3, 0.4) is 0 Å². The number of ether oxygens (including phenoxy) is 2. The van der Waals surface area contributed by atoms with E-state index in [0.717, 1.165) is 13.0 Å². The van der Waals surface area contributed by atoms with Crippen molar-refractivity contribution >= 4 is 0 Å². The Balaban J connectivity index is 2.35. The molecule has 0 aromatic heterocycles. The predicted octanol–water partition coefficient (Wildman–Crippen LogP) is 1.20. The fraction of sp³-hybridized carbons (Fsp3) is 1.00. The quantitative estimate of drug-likeness (QED) is 0.720. The van der Waals surface area contributed by atoms with Gasteiger partial charge in [0.15, 0.2) is 0 Å². The van der Waals surface area contributed by atoms with Crippen LogP contribution in [0, 0.1) is 5.92 Å². The van der Waals surface area contributed by atoms with Crippen molar-refractivity contribution in [2.45, 2.75) is 38.4 Å². The van der Waals surface area contributed by atoms with Crippen molar-refractivity contribution in [1.82, 2.24) is 0 Å². The first-order valence-electron chi connectivity index (χ1n) is 4.86. The summed E-state index contributed by atoms with van der Waals surface area (Å²) in [6.07, 6.45) is 1.36. The van der Waals surface area contributed by atoms with Crippen molar-refractivity contribution in [3.05, 3.63) is 0 Å². The third-order valence-corrected chi connectivity index (χ3v) is 2.76. The lowest BCUT2D eigenvalue weighted by Crippen LogP contribution is -2.33. The van der Waals surface area contributed by atoms with Gasteiger partial charge in [-0.25, -0.2) is 0 Å². The SMILES string of the molecule is COC(C)(C)CC(O)C1CCOC1. The van der Waals surface area contributed by atoms with E-state index in [-0.39, 0.29) is 11.7 Å². The van der Waals surface area contributed by atoms with Crippen molar-refractivity contribution in [3.8, 4) is 0 Å².